The van der Waals surface area contributed by atoms with E-state index in [1.807, 2.05) is 0 Å². The van der Waals surface area contributed by atoms with Crippen LogP contribution < -0.4 is 4.74 Å². The molecule has 4 N–H and O–H groups in total. The number of aromatic hydroxyl groups is 3. The number of carboxylic acids is 1. The summed E-state index contributed by atoms with van der Waals surface area (Å²) in [7, 11) is 0. The van der Waals surface area contributed by atoms with Crippen LogP contribution in [0.2, 0.25) is 0 Å². The molecule has 3 rings (SSSR count). The third-order valence-corrected chi connectivity index (χ3v) is 3.82. The Morgan fingerprint density at radius 1 is 0.875 bits per heavy atom. The molecule has 6 heteroatoms. The third kappa shape index (κ3) is 2.86. The lowest BCUT2D eigenvalue weighted by molar-refractivity contribution is -0.137. The minimum atomic E-state index is -0.880. The molecule has 3 aromatic carbocycles. The number of fused-ring (bicyclic) bond motifs is 2. The fourth-order valence-corrected chi connectivity index (χ4v) is 2.65. The number of ether oxygens (including phenoxy) is 1. The highest BCUT2D eigenvalue weighted by molar-refractivity contribution is 6.11. The first-order chi connectivity index (χ1) is 11.5. The second-order valence-electron chi connectivity index (χ2n) is 5.48. The molecule has 0 aliphatic heterocycles. The maximum absolute atomic E-state index is 10.5. The van der Waals surface area contributed by atoms with Crippen LogP contribution in [-0.4, -0.2) is 33.0 Å². The van der Waals surface area contributed by atoms with Crippen LogP contribution in [-0.2, 0) is 4.79 Å². The lowest BCUT2D eigenvalue weighted by Gasteiger charge is -2.12. The Bertz CT molecular complexity index is 932. The molecule has 0 aromatic heterocycles. The third-order valence-electron chi connectivity index (χ3n) is 3.82. The maximum Gasteiger partial charge on any atom is 0.303 e. The zero-order valence-electron chi connectivity index (χ0n) is 12.7. The molecule has 0 radical (unpaired) electrons. The summed E-state index contributed by atoms with van der Waals surface area (Å²) in [4.78, 5) is 10.5. The Hall–Kier alpha value is -3.15. The highest BCUT2D eigenvalue weighted by Crippen LogP contribution is 2.43. The minimum Gasteiger partial charge on any atom is -0.508 e. The molecular formula is C18H16O6. The Balaban J connectivity index is 2.00. The van der Waals surface area contributed by atoms with Crippen LogP contribution in [0, 0.1) is 0 Å². The average molecular weight is 328 g/mol. The molecule has 0 saturated carbocycles. The lowest BCUT2D eigenvalue weighted by Crippen LogP contribution is -2.02. The van der Waals surface area contributed by atoms with E-state index in [4.69, 9.17) is 9.84 Å². The van der Waals surface area contributed by atoms with Gasteiger partial charge in [-0.3, -0.25) is 4.79 Å². The molecule has 0 aliphatic rings. The summed E-state index contributed by atoms with van der Waals surface area (Å²) >= 11 is 0. The van der Waals surface area contributed by atoms with Gasteiger partial charge in [0.1, 0.15) is 23.0 Å². The van der Waals surface area contributed by atoms with E-state index in [0.717, 1.165) is 0 Å². The second-order valence-corrected chi connectivity index (χ2v) is 5.48. The van der Waals surface area contributed by atoms with Crippen molar-refractivity contribution in [3.63, 3.8) is 0 Å². The number of carbonyl (C=O) groups is 1. The molecule has 0 saturated heterocycles. The van der Waals surface area contributed by atoms with Gasteiger partial charge in [0.15, 0.2) is 0 Å². The van der Waals surface area contributed by atoms with Crippen molar-refractivity contribution < 1.29 is 30.0 Å². The largest absolute Gasteiger partial charge is 0.508 e. The number of phenols is 3. The minimum absolute atomic E-state index is 0.00469. The van der Waals surface area contributed by atoms with E-state index in [2.05, 4.69) is 0 Å². The molecule has 3 aromatic rings. The van der Waals surface area contributed by atoms with Crippen molar-refractivity contribution >= 4 is 27.5 Å². The average Bonchev–Trinajstić information content (AvgIpc) is 2.56. The van der Waals surface area contributed by atoms with Crippen LogP contribution in [0.3, 0.4) is 0 Å². The highest BCUT2D eigenvalue weighted by Gasteiger charge is 2.14. The number of benzene rings is 3. The van der Waals surface area contributed by atoms with Gasteiger partial charge >= 0.3 is 5.97 Å². The van der Waals surface area contributed by atoms with Crippen molar-refractivity contribution in [2.45, 2.75) is 12.8 Å². The molecule has 0 atom stereocenters. The Kier molecular flexibility index (Phi) is 4.04. The summed E-state index contributed by atoms with van der Waals surface area (Å²) in [6.07, 6.45) is 0.398. The maximum atomic E-state index is 10.5. The van der Waals surface area contributed by atoms with Gasteiger partial charge in [-0.15, -0.1) is 0 Å². The first-order valence-corrected chi connectivity index (χ1v) is 7.42. The Morgan fingerprint density at radius 3 is 2.17 bits per heavy atom. The van der Waals surface area contributed by atoms with Crippen LogP contribution in [0.4, 0.5) is 0 Å². The van der Waals surface area contributed by atoms with E-state index in [0.29, 0.717) is 33.7 Å². The number of rotatable bonds is 5. The van der Waals surface area contributed by atoms with Gasteiger partial charge in [-0.2, -0.15) is 0 Å². The fraction of sp³-hybridized carbons (Fsp3) is 0.167. The highest BCUT2D eigenvalue weighted by atomic mass is 16.5. The number of hydrogen-bond acceptors (Lipinski definition) is 5. The summed E-state index contributed by atoms with van der Waals surface area (Å²) in [5, 5.41) is 40.7. The van der Waals surface area contributed by atoms with Gasteiger partial charge in [0.05, 0.1) is 6.61 Å². The van der Waals surface area contributed by atoms with Crippen molar-refractivity contribution in [2.75, 3.05) is 6.61 Å². The first kappa shape index (κ1) is 15.7. The molecule has 0 heterocycles. The molecule has 6 nitrogen and oxygen atoms in total. The lowest BCUT2D eigenvalue weighted by atomic mass is 10.0. The zero-order valence-corrected chi connectivity index (χ0v) is 12.7. The van der Waals surface area contributed by atoms with Gasteiger partial charge < -0.3 is 25.2 Å². The van der Waals surface area contributed by atoms with Gasteiger partial charge in [0, 0.05) is 28.0 Å². The molecule has 124 valence electrons. The first-order valence-electron chi connectivity index (χ1n) is 7.42. The van der Waals surface area contributed by atoms with Crippen LogP contribution in [0.15, 0.2) is 36.4 Å². The van der Waals surface area contributed by atoms with E-state index in [9.17, 15) is 20.1 Å². The van der Waals surface area contributed by atoms with E-state index < -0.39 is 5.97 Å². The topological polar surface area (TPSA) is 107 Å². The van der Waals surface area contributed by atoms with E-state index >= 15 is 0 Å². The molecule has 0 bridgehead atoms. The SMILES string of the molecule is O=C(O)CCCOc1ccc2c(O)c3cc(O)ccc3c(O)c2c1. The van der Waals surface area contributed by atoms with Gasteiger partial charge in [-0.1, -0.05) is 0 Å². The predicted octanol–water partition coefficient (Wildman–Crippen LogP) is 3.35. The monoisotopic (exact) mass is 328 g/mol. The molecule has 0 unspecified atom stereocenters. The quantitative estimate of drug-likeness (QED) is 0.325. The number of aliphatic carboxylic acids is 1. The van der Waals surface area contributed by atoms with Gasteiger partial charge in [-0.25, -0.2) is 0 Å². The molecule has 0 fully saturated rings. The smallest absolute Gasteiger partial charge is 0.303 e. The number of hydrogen-bond donors (Lipinski definition) is 4. The zero-order chi connectivity index (χ0) is 17.3. The van der Waals surface area contributed by atoms with Gasteiger partial charge in [0.2, 0.25) is 0 Å². The van der Waals surface area contributed by atoms with E-state index in [-0.39, 0.29) is 30.3 Å². The van der Waals surface area contributed by atoms with Crippen LogP contribution in [0.25, 0.3) is 21.5 Å². The van der Waals surface area contributed by atoms with Crippen molar-refractivity contribution in [3.8, 4) is 23.0 Å². The van der Waals surface area contributed by atoms with Crippen LogP contribution in [0.1, 0.15) is 12.8 Å². The summed E-state index contributed by atoms with van der Waals surface area (Å²) in [5.41, 5.74) is 0. The Morgan fingerprint density at radius 2 is 1.50 bits per heavy atom. The van der Waals surface area contributed by atoms with Crippen LogP contribution in [0.5, 0.6) is 23.0 Å². The van der Waals surface area contributed by atoms with Gasteiger partial charge in [0.25, 0.3) is 0 Å². The Labute approximate surface area is 137 Å². The normalized spacial score (nSPS) is 11.0. The van der Waals surface area contributed by atoms with E-state index in [1.54, 1.807) is 18.2 Å². The van der Waals surface area contributed by atoms with Gasteiger partial charge in [-0.05, 0) is 42.8 Å². The fourth-order valence-electron chi connectivity index (χ4n) is 2.65. The number of phenolic OH excluding ortho intramolecular Hbond substituents is 3. The molecule has 24 heavy (non-hydrogen) atoms. The van der Waals surface area contributed by atoms with Crippen molar-refractivity contribution in [2.24, 2.45) is 0 Å². The summed E-state index contributed by atoms with van der Waals surface area (Å²) in [6, 6.07) is 9.19. The van der Waals surface area contributed by atoms with Crippen molar-refractivity contribution in [3.05, 3.63) is 36.4 Å². The second kappa shape index (κ2) is 6.16. The van der Waals surface area contributed by atoms with Crippen molar-refractivity contribution in [1.29, 1.82) is 0 Å². The summed E-state index contributed by atoms with van der Waals surface area (Å²) < 4.78 is 5.49. The van der Waals surface area contributed by atoms with Crippen LogP contribution >= 0.6 is 0 Å². The molecular weight excluding hydrogens is 312 g/mol. The standard InChI is InChI=1S/C18H16O6/c19-10-3-5-12-14(8-10)17(22)13-6-4-11(9-15(13)18(12)23)24-7-1-2-16(20)21/h3-6,8-9,19,22-23H,1-2,7H2,(H,20,21). The molecule has 0 aliphatic carbocycles. The summed E-state index contributed by atoms with van der Waals surface area (Å²) in [6.45, 7) is 0.242. The van der Waals surface area contributed by atoms with Crippen molar-refractivity contribution in [1.82, 2.24) is 0 Å². The molecule has 0 amide bonds. The summed E-state index contributed by atoms with van der Waals surface area (Å²) in [5.74, 6) is -0.468. The predicted molar refractivity (Wildman–Crippen MR) is 88.8 cm³/mol. The van der Waals surface area contributed by atoms with E-state index in [1.165, 1.54) is 18.2 Å². The molecule has 0 spiro atoms. The number of carboxylic acid groups (broad SMARTS) is 1.